The maximum atomic E-state index is 10.4. The zero-order valence-electron chi connectivity index (χ0n) is 10.2. The van der Waals surface area contributed by atoms with Crippen LogP contribution in [0.4, 0.5) is 0 Å². The van der Waals surface area contributed by atoms with Crippen LogP contribution in [0, 0.1) is 6.92 Å². The predicted octanol–water partition coefficient (Wildman–Crippen LogP) is 1.66. The highest BCUT2D eigenvalue weighted by atomic mass is 16.3. The van der Waals surface area contributed by atoms with E-state index < -0.39 is 6.10 Å². The maximum Gasteiger partial charge on any atom is 0.125 e. The number of nitrogens with zero attached hydrogens (tertiary/aromatic N) is 2. The van der Waals surface area contributed by atoms with Crippen molar-refractivity contribution in [2.45, 2.75) is 25.6 Å². The molecule has 1 aliphatic rings. The van der Waals surface area contributed by atoms with Gasteiger partial charge in [0.1, 0.15) is 11.9 Å². The van der Waals surface area contributed by atoms with Crippen molar-refractivity contribution in [3.05, 3.63) is 59.2 Å². The van der Waals surface area contributed by atoms with E-state index in [1.807, 2.05) is 19.1 Å². The Morgan fingerprint density at radius 3 is 3.00 bits per heavy atom. The van der Waals surface area contributed by atoms with E-state index >= 15 is 0 Å². The number of nitrogens with one attached hydrogen (secondary N) is 1. The molecular formula is C14H15N3O. The number of aromatic nitrogens is 2. The molecule has 0 saturated heterocycles. The molecule has 2 unspecified atom stereocenters. The number of hydrogen-bond donors (Lipinski definition) is 2. The summed E-state index contributed by atoms with van der Waals surface area (Å²) in [4.78, 5) is 8.34. The highest BCUT2D eigenvalue weighted by Crippen LogP contribution is 2.34. The molecule has 0 spiro atoms. The third kappa shape index (κ3) is 1.89. The van der Waals surface area contributed by atoms with Gasteiger partial charge in [-0.2, -0.15) is 0 Å². The fourth-order valence-electron chi connectivity index (χ4n) is 2.42. The van der Waals surface area contributed by atoms with Crippen LogP contribution in [0.25, 0.3) is 0 Å². The van der Waals surface area contributed by atoms with Crippen molar-refractivity contribution in [3.63, 3.8) is 0 Å². The van der Waals surface area contributed by atoms with Crippen molar-refractivity contribution in [1.29, 1.82) is 0 Å². The quantitative estimate of drug-likeness (QED) is 0.839. The Morgan fingerprint density at radius 2 is 2.17 bits per heavy atom. The molecule has 0 fully saturated rings. The summed E-state index contributed by atoms with van der Waals surface area (Å²) >= 11 is 0. The van der Waals surface area contributed by atoms with Crippen LogP contribution >= 0.6 is 0 Å². The first-order valence-corrected chi connectivity index (χ1v) is 6.04. The summed E-state index contributed by atoms with van der Waals surface area (Å²) in [6.07, 6.45) is 1.04. The fraction of sp³-hybridized carbons (Fsp3) is 0.286. The largest absolute Gasteiger partial charge is 0.385 e. The molecule has 18 heavy (non-hydrogen) atoms. The number of aliphatic hydroxyl groups is 1. The zero-order chi connectivity index (χ0) is 12.5. The standard InChI is InChI=1S/C14H15N3O/c1-9-15-7-6-12(17-9)14(18)13-11-5-3-2-4-10(11)8-16-13/h2-7,13-14,16,18H,8H2,1H3. The second-order valence-corrected chi connectivity index (χ2v) is 4.53. The van der Waals surface area contributed by atoms with Crippen molar-refractivity contribution in [1.82, 2.24) is 15.3 Å². The van der Waals surface area contributed by atoms with Crippen molar-refractivity contribution in [3.8, 4) is 0 Å². The Morgan fingerprint density at radius 1 is 1.33 bits per heavy atom. The Labute approximate surface area is 106 Å². The monoisotopic (exact) mass is 241 g/mol. The Balaban J connectivity index is 1.93. The van der Waals surface area contributed by atoms with E-state index in [0.717, 1.165) is 12.1 Å². The van der Waals surface area contributed by atoms with Crippen LogP contribution < -0.4 is 5.32 Å². The van der Waals surface area contributed by atoms with E-state index in [2.05, 4.69) is 27.4 Å². The second-order valence-electron chi connectivity index (χ2n) is 4.53. The van der Waals surface area contributed by atoms with E-state index in [1.54, 1.807) is 12.3 Å². The van der Waals surface area contributed by atoms with Crippen molar-refractivity contribution in [2.75, 3.05) is 0 Å². The molecule has 1 aromatic heterocycles. The van der Waals surface area contributed by atoms with Crippen LogP contribution in [0.1, 0.15) is 34.8 Å². The number of fused-ring (bicyclic) bond motifs is 1. The first-order valence-electron chi connectivity index (χ1n) is 6.04. The van der Waals surface area contributed by atoms with E-state index in [-0.39, 0.29) is 6.04 Å². The second kappa shape index (κ2) is 4.48. The van der Waals surface area contributed by atoms with Gasteiger partial charge in [-0.05, 0) is 24.1 Å². The summed E-state index contributed by atoms with van der Waals surface area (Å²) in [5, 5.41) is 13.8. The minimum absolute atomic E-state index is 0.0875. The predicted molar refractivity (Wildman–Crippen MR) is 67.8 cm³/mol. The van der Waals surface area contributed by atoms with E-state index in [4.69, 9.17) is 0 Å². The molecule has 2 aromatic rings. The van der Waals surface area contributed by atoms with Crippen LogP contribution in [-0.2, 0) is 6.54 Å². The number of aliphatic hydroxyl groups excluding tert-OH is 1. The summed E-state index contributed by atoms with van der Waals surface area (Å²) in [5.41, 5.74) is 3.06. The van der Waals surface area contributed by atoms with Gasteiger partial charge in [-0.25, -0.2) is 9.97 Å². The summed E-state index contributed by atoms with van der Waals surface area (Å²) in [7, 11) is 0. The Hall–Kier alpha value is -1.78. The molecule has 0 radical (unpaired) electrons. The molecular weight excluding hydrogens is 226 g/mol. The molecule has 4 nitrogen and oxygen atoms in total. The van der Waals surface area contributed by atoms with Crippen LogP contribution in [0.15, 0.2) is 36.5 Å². The maximum absolute atomic E-state index is 10.4. The zero-order valence-corrected chi connectivity index (χ0v) is 10.2. The molecule has 2 heterocycles. The van der Waals surface area contributed by atoms with Crippen molar-refractivity contribution < 1.29 is 5.11 Å². The van der Waals surface area contributed by atoms with Crippen LogP contribution in [0.2, 0.25) is 0 Å². The van der Waals surface area contributed by atoms with Crippen LogP contribution in [0.5, 0.6) is 0 Å². The number of aryl methyl sites for hydroxylation is 1. The fourth-order valence-corrected chi connectivity index (χ4v) is 2.42. The van der Waals surface area contributed by atoms with Gasteiger partial charge in [0.05, 0.1) is 11.7 Å². The Bertz CT molecular complexity index is 570. The lowest BCUT2D eigenvalue weighted by Gasteiger charge is -2.19. The number of rotatable bonds is 2. The Kier molecular flexibility index (Phi) is 2.81. The van der Waals surface area contributed by atoms with Crippen molar-refractivity contribution >= 4 is 0 Å². The normalized spacial score (nSPS) is 19.6. The minimum atomic E-state index is -0.643. The van der Waals surface area contributed by atoms with E-state index in [0.29, 0.717) is 11.5 Å². The molecule has 2 atom stereocenters. The highest BCUT2D eigenvalue weighted by Gasteiger charge is 2.29. The molecule has 1 aliphatic heterocycles. The van der Waals surface area contributed by atoms with Gasteiger partial charge in [-0.15, -0.1) is 0 Å². The van der Waals surface area contributed by atoms with E-state index in [1.165, 1.54) is 5.56 Å². The number of hydrogen-bond acceptors (Lipinski definition) is 4. The third-order valence-electron chi connectivity index (χ3n) is 3.32. The SMILES string of the molecule is Cc1nccc(C(O)C2NCc3ccccc32)n1. The van der Waals surface area contributed by atoms with Gasteiger partial charge in [0.25, 0.3) is 0 Å². The third-order valence-corrected chi connectivity index (χ3v) is 3.32. The van der Waals surface area contributed by atoms with Gasteiger partial charge in [-0.1, -0.05) is 24.3 Å². The van der Waals surface area contributed by atoms with Gasteiger partial charge in [0.15, 0.2) is 0 Å². The molecule has 92 valence electrons. The van der Waals surface area contributed by atoms with Crippen LogP contribution in [0.3, 0.4) is 0 Å². The first-order chi connectivity index (χ1) is 8.75. The smallest absolute Gasteiger partial charge is 0.125 e. The lowest BCUT2D eigenvalue weighted by molar-refractivity contribution is 0.129. The lowest BCUT2D eigenvalue weighted by Crippen LogP contribution is -2.21. The first kappa shape index (κ1) is 11.3. The summed E-state index contributed by atoms with van der Waals surface area (Å²) in [5.74, 6) is 0.679. The highest BCUT2D eigenvalue weighted by molar-refractivity contribution is 5.35. The summed E-state index contributed by atoms with van der Waals surface area (Å²) in [6, 6.07) is 9.83. The molecule has 1 aromatic carbocycles. The minimum Gasteiger partial charge on any atom is -0.385 e. The van der Waals surface area contributed by atoms with E-state index in [9.17, 15) is 5.11 Å². The molecule has 0 amide bonds. The average Bonchev–Trinajstić information content (AvgIpc) is 2.82. The molecule has 2 N–H and O–H groups in total. The van der Waals surface area contributed by atoms with Gasteiger partial charge in [0, 0.05) is 12.7 Å². The lowest BCUT2D eigenvalue weighted by atomic mass is 9.99. The topological polar surface area (TPSA) is 58.0 Å². The summed E-state index contributed by atoms with van der Waals surface area (Å²) in [6.45, 7) is 2.62. The molecule has 0 saturated carbocycles. The average molecular weight is 241 g/mol. The van der Waals surface area contributed by atoms with Gasteiger partial charge in [-0.3, -0.25) is 0 Å². The van der Waals surface area contributed by atoms with Crippen molar-refractivity contribution in [2.24, 2.45) is 0 Å². The molecule has 0 aliphatic carbocycles. The van der Waals surface area contributed by atoms with Crippen LogP contribution in [-0.4, -0.2) is 15.1 Å². The molecule has 3 rings (SSSR count). The summed E-state index contributed by atoms with van der Waals surface area (Å²) < 4.78 is 0. The molecule has 4 heteroatoms. The molecule has 0 bridgehead atoms. The number of benzene rings is 1. The van der Waals surface area contributed by atoms with Gasteiger partial charge in [0.2, 0.25) is 0 Å². The van der Waals surface area contributed by atoms with Gasteiger partial charge >= 0.3 is 0 Å². The van der Waals surface area contributed by atoms with Gasteiger partial charge < -0.3 is 10.4 Å².